The van der Waals surface area contributed by atoms with E-state index >= 15 is 0 Å². The van der Waals surface area contributed by atoms with Crippen molar-refractivity contribution in [1.82, 2.24) is 9.97 Å². The van der Waals surface area contributed by atoms with Gasteiger partial charge in [-0.25, -0.2) is 19.4 Å². The fourth-order valence-corrected chi connectivity index (χ4v) is 3.85. The van der Waals surface area contributed by atoms with E-state index in [2.05, 4.69) is 20.3 Å². The molecule has 34 heavy (non-hydrogen) atoms. The van der Waals surface area contributed by atoms with Crippen LogP contribution in [0.2, 0.25) is 5.02 Å². The maximum Gasteiger partial charge on any atom is 0.291 e. The van der Waals surface area contributed by atoms with Gasteiger partial charge in [0.05, 0.1) is 17.1 Å². The Hall–Kier alpha value is -3.91. The molecule has 7 nitrogen and oxygen atoms in total. The Labute approximate surface area is 200 Å². The Bertz CT molecular complexity index is 1380. The molecule has 1 N–H and O–H groups in total. The first-order chi connectivity index (χ1) is 16.6. The van der Waals surface area contributed by atoms with E-state index in [9.17, 15) is 4.39 Å². The van der Waals surface area contributed by atoms with Gasteiger partial charge in [0.25, 0.3) is 6.02 Å². The molecule has 0 radical (unpaired) electrons. The van der Waals surface area contributed by atoms with Crippen LogP contribution in [0.4, 0.5) is 21.6 Å². The van der Waals surface area contributed by atoms with Crippen LogP contribution >= 0.6 is 11.6 Å². The van der Waals surface area contributed by atoms with Crippen LogP contribution in [0.1, 0.15) is 5.56 Å². The minimum atomic E-state index is -0.304. The van der Waals surface area contributed by atoms with E-state index in [-0.39, 0.29) is 12.4 Å². The number of halogens is 2. The molecule has 4 aromatic rings. The van der Waals surface area contributed by atoms with Crippen LogP contribution in [-0.4, -0.2) is 36.2 Å². The van der Waals surface area contributed by atoms with Crippen molar-refractivity contribution in [2.45, 2.75) is 6.61 Å². The second-order valence-corrected chi connectivity index (χ2v) is 8.09. The van der Waals surface area contributed by atoms with Gasteiger partial charge in [0.2, 0.25) is 0 Å². The lowest BCUT2D eigenvalue weighted by atomic mass is 10.2. The molecule has 1 aliphatic rings. The Morgan fingerprint density at radius 1 is 1.12 bits per heavy atom. The van der Waals surface area contributed by atoms with Crippen molar-refractivity contribution in [2.75, 3.05) is 30.4 Å². The van der Waals surface area contributed by atoms with Gasteiger partial charge in [-0.15, -0.1) is 0 Å². The van der Waals surface area contributed by atoms with E-state index < -0.39 is 0 Å². The summed E-state index contributed by atoms with van der Waals surface area (Å²) in [4.78, 5) is 15.1. The van der Waals surface area contributed by atoms with Gasteiger partial charge in [-0.3, -0.25) is 4.90 Å². The third-order valence-electron chi connectivity index (χ3n) is 5.34. The smallest absolute Gasteiger partial charge is 0.291 e. The second kappa shape index (κ2) is 9.52. The van der Waals surface area contributed by atoms with Crippen LogP contribution < -0.4 is 15.0 Å². The first-order valence-electron chi connectivity index (χ1n) is 10.7. The fraction of sp³-hybridized carbons (Fsp3) is 0.160. The van der Waals surface area contributed by atoms with Gasteiger partial charge in [0.1, 0.15) is 36.9 Å². The largest absolute Gasteiger partial charge is 0.487 e. The molecule has 0 fully saturated rings. The topological polar surface area (TPSA) is 71.9 Å². The number of rotatable bonds is 6. The summed E-state index contributed by atoms with van der Waals surface area (Å²) in [5.41, 5.74) is 3.17. The number of aromatic nitrogens is 2. The number of anilines is 3. The maximum atomic E-state index is 13.4. The van der Waals surface area contributed by atoms with Crippen molar-refractivity contribution < 1.29 is 13.9 Å². The zero-order chi connectivity index (χ0) is 23.5. The summed E-state index contributed by atoms with van der Waals surface area (Å²) in [5, 5.41) is 4.58. The number of hydrogen-bond acceptors (Lipinski definition) is 7. The van der Waals surface area contributed by atoms with E-state index in [1.54, 1.807) is 24.3 Å². The quantitative estimate of drug-likeness (QED) is 0.391. The molecule has 0 saturated carbocycles. The maximum absolute atomic E-state index is 13.4. The van der Waals surface area contributed by atoms with E-state index in [4.69, 9.17) is 21.1 Å². The molecule has 5 rings (SSSR count). The van der Waals surface area contributed by atoms with Crippen molar-refractivity contribution >= 4 is 45.7 Å². The number of fused-ring (bicyclic) bond motifs is 1. The number of nitrogens with zero attached hydrogens (tertiary/aromatic N) is 4. The average molecular weight is 478 g/mol. The van der Waals surface area contributed by atoms with E-state index in [1.807, 2.05) is 36.2 Å². The summed E-state index contributed by atoms with van der Waals surface area (Å²) < 4.78 is 24.7. The van der Waals surface area contributed by atoms with Crippen molar-refractivity contribution in [3.05, 3.63) is 83.4 Å². The number of aliphatic imine (C=N–C) groups is 1. The van der Waals surface area contributed by atoms with E-state index in [1.165, 1.54) is 18.5 Å². The molecule has 0 atom stereocenters. The average Bonchev–Trinajstić information content (AvgIpc) is 3.38. The van der Waals surface area contributed by atoms with Gasteiger partial charge < -0.3 is 14.8 Å². The van der Waals surface area contributed by atoms with Gasteiger partial charge in [0, 0.05) is 23.8 Å². The SMILES string of the molecule is CN(C1=NCCO1)c1ccc2ncnc(Nc3ccc(OCc4cccc(F)c4)c(Cl)c3)c2c1. The molecule has 0 spiro atoms. The molecule has 0 unspecified atom stereocenters. The van der Waals surface area contributed by atoms with Crippen LogP contribution in [0.15, 0.2) is 72.0 Å². The molecule has 1 aliphatic heterocycles. The Kier molecular flexibility index (Phi) is 6.14. The molecule has 1 aromatic heterocycles. The van der Waals surface area contributed by atoms with Gasteiger partial charge in [0.15, 0.2) is 0 Å². The predicted octanol–water partition coefficient (Wildman–Crippen LogP) is 5.57. The van der Waals surface area contributed by atoms with Crippen molar-refractivity contribution in [3.63, 3.8) is 0 Å². The van der Waals surface area contributed by atoms with Crippen molar-refractivity contribution in [1.29, 1.82) is 0 Å². The monoisotopic (exact) mass is 477 g/mol. The summed E-state index contributed by atoms with van der Waals surface area (Å²) in [6.45, 7) is 1.46. The lowest BCUT2D eigenvalue weighted by Crippen LogP contribution is -2.26. The number of nitrogens with one attached hydrogen (secondary N) is 1. The molecule has 3 aromatic carbocycles. The lowest BCUT2D eigenvalue weighted by molar-refractivity contribution is 0.306. The highest BCUT2D eigenvalue weighted by atomic mass is 35.5. The fourth-order valence-electron chi connectivity index (χ4n) is 3.61. The molecule has 172 valence electrons. The molecular weight excluding hydrogens is 457 g/mol. The van der Waals surface area contributed by atoms with Crippen LogP contribution in [0.25, 0.3) is 10.9 Å². The van der Waals surface area contributed by atoms with Crippen molar-refractivity contribution in [2.24, 2.45) is 4.99 Å². The lowest BCUT2D eigenvalue weighted by Gasteiger charge is -2.19. The van der Waals surface area contributed by atoms with Crippen LogP contribution in [-0.2, 0) is 11.3 Å². The summed E-state index contributed by atoms with van der Waals surface area (Å²) in [6.07, 6.45) is 1.51. The third-order valence-corrected chi connectivity index (χ3v) is 5.64. The molecule has 0 amide bonds. The summed E-state index contributed by atoms with van der Waals surface area (Å²) in [6, 6.07) is 18.1. The van der Waals surface area contributed by atoms with E-state index in [0.717, 1.165) is 27.8 Å². The number of benzene rings is 3. The minimum absolute atomic E-state index is 0.214. The highest BCUT2D eigenvalue weighted by molar-refractivity contribution is 6.32. The first-order valence-corrected chi connectivity index (χ1v) is 11.0. The first kappa shape index (κ1) is 21.9. The Morgan fingerprint density at radius 2 is 2.03 bits per heavy atom. The Morgan fingerprint density at radius 3 is 2.82 bits per heavy atom. The molecule has 0 bridgehead atoms. The highest BCUT2D eigenvalue weighted by Gasteiger charge is 2.16. The standard InChI is InChI=1S/C25H21ClFN5O2/c1-32(25-28-9-10-33-25)19-6-7-22-20(13-19)24(30-15-29-22)31-18-5-8-23(21(26)12-18)34-14-16-3-2-4-17(27)11-16/h2-8,11-13,15H,9-10,14H2,1H3,(H,29,30,31). The van der Waals surface area contributed by atoms with Crippen molar-refractivity contribution in [3.8, 4) is 5.75 Å². The van der Waals surface area contributed by atoms with Crippen LogP contribution in [0.3, 0.4) is 0 Å². The third kappa shape index (κ3) is 4.72. The Balaban J connectivity index is 1.36. The van der Waals surface area contributed by atoms with Crippen LogP contribution in [0.5, 0.6) is 5.75 Å². The van der Waals surface area contributed by atoms with E-state index in [0.29, 0.717) is 35.8 Å². The molecule has 0 aliphatic carbocycles. The molecular formula is C25H21ClFN5O2. The van der Waals surface area contributed by atoms with Gasteiger partial charge in [-0.05, 0) is 54.1 Å². The minimum Gasteiger partial charge on any atom is -0.487 e. The van der Waals surface area contributed by atoms with Gasteiger partial charge in [-0.1, -0.05) is 23.7 Å². The zero-order valence-corrected chi connectivity index (χ0v) is 19.1. The summed E-state index contributed by atoms with van der Waals surface area (Å²) in [7, 11) is 1.91. The molecule has 2 heterocycles. The number of amidine groups is 1. The molecule has 9 heteroatoms. The normalized spacial score (nSPS) is 12.9. The summed E-state index contributed by atoms with van der Waals surface area (Å²) in [5.74, 6) is 0.839. The summed E-state index contributed by atoms with van der Waals surface area (Å²) >= 11 is 6.45. The predicted molar refractivity (Wildman–Crippen MR) is 132 cm³/mol. The molecule has 0 saturated heterocycles. The number of hydrogen-bond donors (Lipinski definition) is 1. The van der Waals surface area contributed by atoms with Gasteiger partial charge >= 0.3 is 0 Å². The number of ether oxygens (including phenoxy) is 2. The zero-order valence-electron chi connectivity index (χ0n) is 18.3. The van der Waals surface area contributed by atoms with Gasteiger partial charge in [-0.2, -0.15) is 0 Å². The van der Waals surface area contributed by atoms with Crippen LogP contribution in [0, 0.1) is 5.82 Å². The second-order valence-electron chi connectivity index (χ2n) is 7.68. The highest BCUT2D eigenvalue weighted by Crippen LogP contribution is 2.32.